The molecule has 0 amide bonds. The maximum Gasteiger partial charge on any atom is 0.0578 e. The molecule has 0 bridgehead atoms. The van der Waals surface area contributed by atoms with Crippen molar-refractivity contribution >= 4 is 0 Å². The lowest BCUT2D eigenvalue weighted by atomic mass is 9.71. The van der Waals surface area contributed by atoms with E-state index in [1.807, 2.05) is 0 Å². The Bertz CT molecular complexity index is 183. The maximum absolute atomic E-state index is 9.72. The molecule has 0 aliphatic heterocycles. The highest BCUT2D eigenvalue weighted by Gasteiger charge is 2.59. The molecule has 3 atom stereocenters. The van der Waals surface area contributed by atoms with Crippen LogP contribution in [0, 0.1) is 16.7 Å². The highest BCUT2D eigenvalue weighted by molar-refractivity contribution is 5.09. The van der Waals surface area contributed by atoms with Gasteiger partial charge in [-0.2, -0.15) is 0 Å². The lowest BCUT2D eigenvalue weighted by Crippen LogP contribution is -2.31. The molecule has 1 heteroatoms. The summed E-state index contributed by atoms with van der Waals surface area (Å²) in [6.45, 7) is 6.87. The number of aliphatic hydroxyl groups excluding tert-OH is 1. The first-order valence-electron chi connectivity index (χ1n) is 4.61. The van der Waals surface area contributed by atoms with E-state index >= 15 is 0 Å². The molecule has 2 aliphatic rings. The van der Waals surface area contributed by atoms with Gasteiger partial charge in [0.1, 0.15) is 0 Å². The second-order valence-corrected chi connectivity index (χ2v) is 5.58. The lowest BCUT2D eigenvalue weighted by Gasteiger charge is -2.36. The van der Waals surface area contributed by atoms with Crippen LogP contribution in [0.1, 0.15) is 40.0 Å². The van der Waals surface area contributed by atoms with E-state index in [9.17, 15) is 5.11 Å². The van der Waals surface area contributed by atoms with Crippen molar-refractivity contribution in [2.24, 2.45) is 16.7 Å². The second-order valence-electron chi connectivity index (χ2n) is 5.58. The molecule has 0 aromatic heterocycles. The minimum atomic E-state index is -0.0104. The van der Waals surface area contributed by atoms with Gasteiger partial charge in [0.15, 0.2) is 0 Å². The summed E-state index contributed by atoms with van der Waals surface area (Å²) >= 11 is 0. The Morgan fingerprint density at radius 1 is 1.18 bits per heavy atom. The van der Waals surface area contributed by atoms with E-state index in [1.165, 1.54) is 12.8 Å². The Morgan fingerprint density at radius 3 is 2.36 bits per heavy atom. The lowest BCUT2D eigenvalue weighted by molar-refractivity contribution is 0.0334. The monoisotopic (exact) mass is 154 g/mol. The van der Waals surface area contributed by atoms with Crippen LogP contribution in [0.15, 0.2) is 0 Å². The van der Waals surface area contributed by atoms with E-state index in [4.69, 9.17) is 0 Å². The smallest absolute Gasteiger partial charge is 0.0578 e. The number of aliphatic hydroxyl groups is 1. The fraction of sp³-hybridized carbons (Fsp3) is 1.00. The first-order valence-corrected chi connectivity index (χ1v) is 4.61. The van der Waals surface area contributed by atoms with E-state index in [0.29, 0.717) is 16.7 Å². The molecule has 0 radical (unpaired) electrons. The third-order valence-electron chi connectivity index (χ3n) is 3.53. The van der Waals surface area contributed by atoms with E-state index in [-0.39, 0.29) is 6.10 Å². The topological polar surface area (TPSA) is 20.2 Å². The quantitative estimate of drug-likeness (QED) is 0.567. The van der Waals surface area contributed by atoms with Crippen molar-refractivity contribution in [3.05, 3.63) is 0 Å². The molecule has 11 heavy (non-hydrogen) atoms. The number of hydrogen-bond donors (Lipinski definition) is 1. The molecule has 0 spiro atoms. The minimum Gasteiger partial charge on any atom is -0.393 e. The average molecular weight is 154 g/mol. The van der Waals surface area contributed by atoms with Crippen molar-refractivity contribution in [2.45, 2.75) is 46.1 Å². The van der Waals surface area contributed by atoms with Gasteiger partial charge >= 0.3 is 0 Å². The molecule has 2 saturated carbocycles. The van der Waals surface area contributed by atoms with E-state index in [1.54, 1.807) is 0 Å². The summed E-state index contributed by atoms with van der Waals surface area (Å²) in [5, 5.41) is 9.72. The summed E-state index contributed by atoms with van der Waals surface area (Å²) in [6.07, 6.45) is 3.57. The zero-order valence-corrected chi connectivity index (χ0v) is 7.72. The second kappa shape index (κ2) is 1.82. The summed E-state index contributed by atoms with van der Waals surface area (Å²) in [4.78, 5) is 0. The molecule has 1 nitrogen and oxygen atoms in total. The van der Waals surface area contributed by atoms with Crippen molar-refractivity contribution in [1.29, 1.82) is 0 Å². The Hall–Kier alpha value is -0.0400. The molecule has 0 heterocycles. The zero-order chi connectivity index (χ0) is 8.28. The highest BCUT2D eigenvalue weighted by Crippen LogP contribution is 2.64. The van der Waals surface area contributed by atoms with Crippen molar-refractivity contribution in [3.8, 4) is 0 Å². The Labute approximate surface area is 68.8 Å². The van der Waals surface area contributed by atoms with E-state index in [0.717, 1.165) is 6.42 Å². The zero-order valence-electron chi connectivity index (χ0n) is 7.72. The molecule has 2 fully saturated rings. The average Bonchev–Trinajstić information content (AvgIpc) is 2.36. The van der Waals surface area contributed by atoms with Gasteiger partial charge in [0.25, 0.3) is 0 Å². The SMILES string of the molecule is CC1(C)CC(O)C2CC2(C)C1. The van der Waals surface area contributed by atoms with Crippen LogP contribution in [0.5, 0.6) is 0 Å². The van der Waals surface area contributed by atoms with Crippen molar-refractivity contribution in [2.75, 3.05) is 0 Å². The molecule has 3 unspecified atom stereocenters. The fourth-order valence-electron chi connectivity index (χ4n) is 3.12. The van der Waals surface area contributed by atoms with Gasteiger partial charge in [0.05, 0.1) is 6.10 Å². The van der Waals surface area contributed by atoms with Gasteiger partial charge in [-0.3, -0.25) is 0 Å². The molecule has 0 aromatic carbocycles. The minimum absolute atomic E-state index is 0.0104. The fourth-order valence-corrected chi connectivity index (χ4v) is 3.12. The first-order chi connectivity index (χ1) is 4.93. The van der Waals surface area contributed by atoms with Gasteiger partial charge in [-0.25, -0.2) is 0 Å². The van der Waals surface area contributed by atoms with Crippen LogP contribution >= 0.6 is 0 Å². The molecule has 0 aromatic rings. The maximum atomic E-state index is 9.72. The van der Waals surface area contributed by atoms with Gasteiger partial charge < -0.3 is 5.11 Å². The number of hydrogen-bond acceptors (Lipinski definition) is 1. The predicted octanol–water partition coefficient (Wildman–Crippen LogP) is 2.19. The predicted molar refractivity (Wildman–Crippen MR) is 45.2 cm³/mol. The van der Waals surface area contributed by atoms with Crippen molar-refractivity contribution < 1.29 is 5.11 Å². The number of fused-ring (bicyclic) bond motifs is 1. The van der Waals surface area contributed by atoms with Crippen LogP contribution in [0.4, 0.5) is 0 Å². The Morgan fingerprint density at radius 2 is 1.82 bits per heavy atom. The van der Waals surface area contributed by atoms with E-state index in [2.05, 4.69) is 20.8 Å². The van der Waals surface area contributed by atoms with Crippen LogP contribution in [0.2, 0.25) is 0 Å². The van der Waals surface area contributed by atoms with Crippen LogP contribution in [-0.4, -0.2) is 11.2 Å². The van der Waals surface area contributed by atoms with Crippen LogP contribution in [0.3, 0.4) is 0 Å². The summed E-state index contributed by atoms with van der Waals surface area (Å²) < 4.78 is 0. The standard InChI is InChI=1S/C10H18O/c1-9(2)5-8(11)7-4-10(7,3)6-9/h7-8,11H,4-6H2,1-3H3. The van der Waals surface area contributed by atoms with Crippen LogP contribution in [0.25, 0.3) is 0 Å². The van der Waals surface area contributed by atoms with Crippen molar-refractivity contribution in [3.63, 3.8) is 0 Å². The third kappa shape index (κ3) is 1.10. The van der Waals surface area contributed by atoms with Gasteiger partial charge in [0.2, 0.25) is 0 Å². The normalized spacial score (nSPS) is 53.5. The molecule has 2 rings (SSSR count). The largest absolute Gasteiger partial charge is 0.393 e. The van der Waals surface area contributed by atoms with Gasteiger partial charge in [-0.05, 0) is 36.0 Å². The molecule has 1 N–H and O–H groups in total. The molecular formula is C10H18O. The van der Waals surface area contributed by atoms with Crippen molar-refractivity contribution in [1.82, 2.24) is 0 Å². The summed E-state index contributed by atoms with van der Waals surface area (Å²) in [5.41, 5.74) is 0.877. The van der Waals surface area contributed by atoms with Gasteiger partial charge in [0, 0.05) is 0 Å². The first kappa shape index (κ1) is 7.60. The molecule has 0 saturated heterocycles. The summed E-state index contributed by atoms with van der Waals surface area (Å²) in [5.74, 6) is 0.635. The summed E-state index contributed by atoms with van der Waals surface area (Å²) in [6, 6.07) is 0. The summed E-state index contributed by atoms with van der Waals surface area (Å²) in [7, 11) is 0. The van der Waals surface area contributed by atoms with Gasteiger partial charge in [-0.15, -0.1) is 0 Å². The molecular weight excluding hydrogens is 136 g/mol. The molecule has 2 aliphatic carbocycles. The molecule has 64 valence electrons. The van der Waals surface area contributed by atoms with Gasteiger partial charge in [-0.1, -0.05) is 20.8 Å². The Kier molecular flexibility index (Phi) is 1.26. The van der Waals surface area contributed by atoms with Crippen LogP contribution in [-0.2, 0) is 0 Å². The third-order valence-corrected chi connectivity index (χ3v) is 3.53. The number of rotatable bonds is 0. The van der Waals surface area contributed by atoms with E-state index < -0.39 is 0 Å². The van der Waals surface area contributed by atoms with Crippen LogP contribution < -0.4 is 0 Å². The highest BCUT2D eigenvalue weighted by atomic mass is 16.3. The Balaban J connectivity index is 2.15.